The van der Waals surface area contributed by atoms with Crippen molar-refractivity contribution in [2.45, 2.75) is 45.3 Å². The zero-order valence-electron chi connectivity index (χ0n) is 11.6. The maximum absolute atomic E-state index is 12.2. The van der Waals surface area contributed by atoms with Gasteiger partial charge in [0.1, 0.15) is 6.61 Å². The van der Waals surface area contributed by atoms with Gasteiger partial charge in [-0.3, -0.25) is 4.39 Å². The Morgan fingerprint density at radius 3 is 2.63 bits per heavy atom. The highest BCUT2D eigenvalue weighted by molar-refractivity contribution is 5.68. The molecule has 1 rings (SSSR count). The van der Waals surface area contributed by atoms with E-state index in [1.807, 2.05) is 44.2 Å². The molecule has 0 spiro atoms. The number of carbonyl (C=O) groups is 1. The molecule has 0 bridgehead atoms. The minimum absolute atomic E-state index is 0.246. The molecule has 0 saturated carbocycles. The number of carbonyl (C=O) groups excluding carboxylic acids is 1. The van der Waals surface area contributed by atoms with E-state index >= 15 is 0 Å². The van der Waals surface area contributed by atoms with Gasteiger partial charge in [-0.2, -0.15) is 0 Å². The Morgan fingerprint density at radius 1 is 1.37 bits per heavy atom. The van der Waals surface area contributed by atoms with E-state index < -0.39 is 11.6 Å². The maximum Gasteiger partial charge on any atom is 0.407 e. The molecule has 1 aromatic carbocycles. The van der Waals surface area contributed by atoms with Crippen LogP contribution in [-0.4, -0.2) is 18.3 Å². The Morgan fingerprint density at radius 2 is 2.05 bits per heavy atom. The summed E-state index contributed by atoms with van der Waals surface area (Å²) in [4.78, 5) is 11.7. The normalized spacial score (nSPS) is 13.6. The van der Waals surface area contributed by atoms with Crippen molar-refractivity contribution >= 4 is 6.09 Å². The third-order valence-corrected chi connectivity index (χ3v) is 3.26. The number of benzene rings is 1. The maximum atomic E-state index is 12.2. The first-order valence-electron chi connectivity index (χ1n) is 6.64. The fourth-order valence-electron chi connectivity index (χ4n) is 1.79. The van der Waals surface area contributed by atoms with E-state index in [9.17, 15) is 9.18 Å². The highest BCUT2D eigenvalue weighted by Crippen LogP contribution is 2.17. The largest absolute Gasteiger partial charge is 0.445 e. The average Bonchev–Trinajstić information content (AvgIpc) is 2.44. The summed E-state index contributed by atoms with van der Waals surface area (Å²) >= 11 is 0. The van der Waals surface area contributed by atoms with Crippen molar-refractivity contribution < 1.29 is 13.9 Å². The summed E-state index contributed by atoms with van der Waals surface area (Å²) in [6, 6.07) is 9.50. The van der Waals surface area contributed by atoms with Crippen molar-refractivity contribution in [2.24, 2.45) is 0 Å². The molecule has 1 amide bonds. The topological polar surface area (TPSA) is 38.3 Å². The van der Waals surface area contributed by atoms with Gasteiger partial charge in [-0.25, -0.2) is 4.79 Å². The van der Waals surface area contributed by atoms with E-state index in [1.54, 1.807) is 0 Å². The van der Waals surface area contributed by atoms with Crippen molar-refractivity contribution in [1.82, 2.24) is 5.32 Å². The third kappa shape index (κ3) is 5.73. The molecule has 0 aromatic heterocycles. The second-order valence-electron chi connectivity index (χ2n) is 4.89. The number of alkyl carbamates (subject to hydrolysis) is 1. The molecule has 3 nitrogen and oxygen atoms in total. The minimum Gasteiger partial charge on any atom is -0.445 e. The van der Waals surface area contributed by atoms with E-state index in [-0.39, 0.29) is 13.3 Å². The highest BCUT2D eigenvalue weighted by Gasteiger charge is 2.24. The first-order valence-corrected chi connectivity index (χ1v) is 6.64. The number of ether oxygens (including phenoxy) is 1. The molecule has 1 N–H and O–H groups in total. The van der Waals surface area contributed by atoms with E-state index in [0.717, 1.165) is 12.0 Å². The van der Waals surface area contributed by atoms with Crippen LogP contribution in [0.3, 0.4) is 0 Å². The van der Waals surface area contributed by atoms with Crippen molar-refractivity contribution in [3.63, 3.8) is 0 Å². The second-order valence-corrected chi connectivity index (χ2v) is 4.89. The molecule has 0 fully saturated rings. The van der Waals surface area contributed by atoms with Crippen LogP contribution in [0, 0.1) is 0 Å². The Kier molecular flexibility index (Phi) is 6.33. The third-order valence-electron chi connectivity index (χ3n) is 3.26. The van der Waals surface area contributed by atoms with Crippen LogP contribution in [0.25, 0.3) is 0 Å². The molecule has 1 aromatic rings. The van der Waals surface area contributed by atoms with Gasteiger partial charge >= 0.3 is 6.09 Å². The first-order chi connectivity index (χ1) is 9.09. The summed E-state index contributed by atoms with van der Waals surface area (Å²) in [6.07, 6.45) is 1.35. The van der Waals surface area contributed by atoms with Crippen LogP contribution in [0.2, 0.25) is 0 Å². The lowest BCUT2D eigenvalue weighted by Gasteiger charge is -2.28. The molecular formula is C15H22FNO2. The van der Waals surface area contributed by atoms with Crippen LogP contribution in [0.15, 0.2) is 30.3 Å². The Balaban J connectivity index is 2.41. The van der Waals surface area contributed by atoms with Crippen LogP contribution in [0.5, 0.6) is 0 Å². The number of rotatable bonds is 7. The van der Waals surface area contributed by atoms with Gasteiger partial charge in [0.2, 0.25) is 0 Å². The van der Waals surface area contributed by atoms with Crippen molar-refractivity contribution in [2.75, 3.05) is 6.67 Å². The molecule has 0 aliphatic rings. The summed E-state index contributed by atoms with van der Waals surface area (Å²) < 4.78 is 17.4. The van der Waals surface area contributed by atoms with E-state index in [1.165, 1.54) is 0 Å². The fourth-order valence-corrected chi connectivity index (χ4v) is 1.79. The van der Waals surface area contributed by atoms with Gasteiger partial charge in [0.05, 0.1) is 6.67 Å². The second kappa shape index (κ2) is 7.77. The zero-order valence-corrected chi connectivity index (χ0v) is 11.6. The predicted molar refractivity (Wildman–Crippen MR) is 73.7 cm³/mol. The molecule has 4 heteroatoms. The van der Waals surface area contributed by atoms with Crippen molar-refractivity contribution in [1.29, 1.82) is 0 Å². The monoisotopic (exact) mass is 267 g/mol. The molecule has 19 heavy (non-hydrogen) atoms. The first kappa shape index (κ1) is 15.5. The van der Waals surface area contributed by atoms with Crippen LogP contribution in [0.4, 0.5) is 9.18 Å². The van der Waals surface area contributed by atoms with E-state index in [4.69, 9.17) is 4.74 Å². The van der Waals surface area contributed by atoms with E-state index in [2.05, 4.69) is 5.32 Å². The molecule has 0 saturated heterocycles. The number of halogens is 1. The van der Waals surface area contributed by atoms with Gasteiger partial charge in [-0.1, -0.05) is 37.3 Å². The fraction of sp³-hybridized carbons (Fsp3) is 0.533. The summed E-state index contributed by atoms with van der Waals surface area (Å²) in [6.45, 7) is 3.76. The Hall–Kier alpha value is -1.58. The van der Waals surface area contributed by atoms with Gasteiger partial charge in [0.15, 0.2) is 0 Å². The van der Waals surface area contributed by atoms with Crippen LogP contribution < -0.4 is 5.32 Å². The molecule has 0 aliphatic carbocycles. The standard InChI is InChI=1S/C15H22FNO2/c1-3-15(2,10-7-11-16)17-14(18)19-12-13-8-5-4-6-9-13/h4-6,8-9H,3,7,10-12H2,1-2H3,(H,17,18). The van der Waals surface area contributed by atoms with Crippen molar-refractivity contribution in [3.8, 4) is 0 Å². The van der Waals surface area contributed by atoms with Crippen LogP contribution in [0.1, 0.15) is 38.7 Å². The van der Waals surface area contributed by atoms with Gasteiger partial charge in [0.25, 0.3) is 0 Å². The number of alkyl halides is 1. The Bertz CT molecular complexity index is 383. The number of hydrogen-bond acceptors (Lipinski definition) is 2. The number of nitrogens with one attached hydrogen (secondary N) is 1. The predicted octanol–water partition coefficient (Wildman–Crippen LogP) is 3.83. The minimum atomic E-state index is -0.452. The molecule has 0 radical (unpaired) electrons. The van der Waals surface area contributed by atoms with Crippen LogP contribution >= 0.6 is 0 Å². The van der Waals surface area contributed by atoms with E-state index in [0.29, 0.717) is 12.8 Å². The number of hydrogen-bond donors (Lipinski definition) is 1. The molecule has 0 aliphatic heterocycles. The smallest absolute Gasteiger partial charge is 0.407 e. The lowest BCUT2D eigenvalue weighted by molar-refractivity contribution is 0.125. The quantitative estimate of drug-likeness (QED) is 0.815. The molecule has 0 heterocycles. The van der Waals surface area contributed by atoms with Crippen molar-refractivity contribution in [3.05, 3.63) is 35.9 Å². The Labute approximate surface area is 114 Å². The van der Waals surface area contributed by atoms with Gasteiger partial charge in [-0.05, 0) is 31.7 Å². The lowest BCUT2D eigenvalue weighted by Crippen LogP contribution is -2.45. The summed E-state index contributed by atoms with van der Waals surface area (Å²) in [5, 5.41) is 2.82. The molecular weight excluding hydrogens is 245 g/mol. The summed E-state index contributed by atoms with van der Waals surface area (Å²) in [5.74, 6) is 0. The average molecular weight is 267 g/mol. The highest BCUT2D eigenvalue weighted by atomic mass is 19.1. The molecule has 1 unspecified atom stereocenters. The summed E-state index contributed by atoms with van der Waals surface area (Å²) in [5.41, 5.74) is 0.541. The van der Waals surface area contributed by atoms with Crippen LogP contribution in [-0.2, 0) is 11.3 Å². The lowest BCUT2D eigenvalue weighted by atomic mass is 9.93. The molecule has 106 valence electrons. The number of amides is 1. The zero-order chi connectivity index (χ0) is 14.1. The van der Waals surface area contributed by atoms with Gasteiger partial charge < -0.3 is 10.1 Å². The SMILES string of the molecule is CCC(C)(CCCF)NC(=O)OCc1ccccc1. The molecule has 1 atom stereocenters. The summed E-state index contributed by atoms with van der Waals surface area (Å²) in [7, 11) is 0. The van der Waals surface area contributed by atoms with Gasteiger partial charge in [-0.15, -0.1) is 0 Å². The van der Waals surface area contributed by atoms with Gasteiger partial charge in [0, 0.05) is 5.54 Å².